The van der Waals surface area contributed by atoms with Crippen LogP contribution in [0.3, 0.4) is 0 Å². The third-order valence-electron chi connectivity index (χ3n) is 4.78. The minimum Gasteiger partial charge on any atom is -0.495 e. The fourth-order valence-corrected chi connectivity index (χ4v) is 5.55. The monoisotopic (exact) mass is 442 g/mol. The molecule has 2 heterocycles. The topological polar surface area (TPSA) is 125 Å². The Balaban J connectivity index is 1.76. The van der Waals surface area contributed by atoms with Crippen molar-refractivity contribution in [1.82, 2.24) is 14.5 Å². The maximum atomic E-state index is 12.6. The maximum Gasteiger partial charge on any atom is 0.325 e. The molecule has 158 valence electrons. The van der Waals surface area contributed by atoms with Gasteiger partial charge in [-0.25, -0.2) is 17.5 Å². The number of carbonyl (C=O) groups excluding carboxylic acids is 3. The molecule has 2 aliphatic heterocycles. The summed E-state index contributed by atoms with van der Waals surface area (Å²) in [6, 6.07) is 3.57. The number of rotatable bonds is 6. The van der Waals surface area contributed by atoms with Gasteiger partial charge >= 0.3 is 6.03 Å². The predicted octanol–water partition coefficient (Wildman–Crippen LogP) is 0.312. The first-order chi connectivity index (χ1) is 13.6. The molecule has 1 unspecified atom stereocenters. The number of hydrogen-bond donors (Lipinski definition) is 2. The number of nitrogens with one attached hydrogen (secondary N) is 2. The van der Waals surface area contributed by atoms with Crippen LogP contribution in [0.15, 0.2) is 23.1 Å². The van der Waals surface area contributed by atoms with Gasteiger partial charge in [0, 0.05) is 25.5 Å². The lowest BCUT2D eigenvalue weighted by molar-refractivity contribution is -0.133. The average molecular weight is 443 g/mol. The molecule has 0 aromatic heterocycles. The molecule has 1 atom stereocenters. The van der Waals surface area contributed by atoms with Gasteiger partial charge in [0.25, 0.3) is 5.91 Å². The summed E-state index contributed by atoms with van der Waals surface area (Å²) in [6.45, 7) is -0.459. The highest BCUT2D eigenvalue weighted by Crippen LogP contribution is 2.33. The van der Waals surface area contributed by atoms with Crippen molar-refractivity contribution >= 4 is 45.3 Å². The van der Waals surface area contributed by atoms with E-state index in [-0.39, 0.29) is 16.3 Å². The van der Waals surface area contributed by atoms with E-state index in [2.05, 4.69) is 10.6 Å². The molecule has 2 aliphatic rings. The summed E-state index contributed by atoms with van der Waals surface area (Å²) in [5.41, 5.74) is -0.718. The number of sulfonamides is 1. The van der Waals surface area contributed by atoms with Crippen LogP contribution in [0.4, 0.5) is 10.5 Å². The average Bonchev–Trinajstić information content (AvgIpc) is 3.22. The zero-order valence-electron chi connectivity index (χ0n) is 16.2. The lowest BCUT2D eigenvalue weighted by Gasteiger charge is -2.19. The summed E-state index contributed by atoms with van der Waals surface area (Å²) < 4.78 is 31.1. The van der Waals surface area contributed by atoms with Gasteiger partial charge in [0.15, 0.2) is 0 Å². The highest BCUT2D eigenvalue weighted by molar-refractivity contribution is 7.99. The summed E-state index contributed by atoms with van der Waals surface area (Å²) in [5.74, 6) is 0.357. The second-order valence-electron chi connectivity index (χ2n) is 6.91. The predicted molar refractivity (Wildman–Crippen MR) is 107 cm³/mol. The highest BCUT2D eigenvalue weighted by Gasteiger charge is 2.53. The molecule has 29 heavy (non-hydrogen) atoms. The van der Waals surface area contributed by atoms with Crippen molar-refractivity contribution in [2.75, 3.05) is 44.6 Å². The van der Waals surface area contributed by atoms with Crippen LogP contribution in [0.25, 0.3) is 0 Å². The van der Waals surface area contributed by atoms with Crippen molar-refractivity contribution in [1.29, 1.82) is 0 Å². The molecule has 2 fully saturated rings. The van der Waals surface area contributed by atoms with Gasteiger partial charge in [-0.3, -0.25) is 14.5 Å². The van der Waals surface area contributed by atoms with Crippen LogP contribution in [-0.4, -0.2) is 80.3 Å². The van der Waals surface area contributed by atoms with E-state index in [0.717, 1.165) is 15.0 Å². The number of anilines is 1. The standard InChI is InChI=1S/C17H22N4O6S2/c1-20(2)29(25,26)13-8-11(4-5-12(13)27-3)18-14(22)9-21-15(23)17(19-16(21)24)6-7-28-10-17/h4-5,8H,6-7,9-10H2,1-3H3,(H,18,22)(H,19,24). The van der Waals surface area contributed by atoms with Gasteiger partial charge in [-0.1, -0.05) is 0 Å². The molecule has 1 spiro atoms. The van der Waals surface area contributed by atoms with E-state index < -0.39 is 40.0 Å². The second kappa shape index (κ2) is 7.84. The van der Waals surface area contributed by atoms with E-state index in [1.54, 1.807) is 11.8 Å². The molecule has 0 radical (unpaired) electrons. The van der Waals surface area contributed by atoms with Crippen molar-refractivity contribution in [2.45, 2.75) is 16.9 Å². The van der Waals surface area contributed by atoms with Crippen molar-refractivity contribution in [3.8, 4) is 5.75 Å². The van der Waals surface area contributed by atoms with Crippen LogP contribution in [0.1, 0.15) is 6.42 Å². The maximum absolute atomic E-state index is 12.6. The molecule has 2 saturated heterocycles. The number of methoxy groups -OCH3 is 1. The number of thioether (sulfide) groups is 1. The first-order valence-electron chi connectivity index (χ1n) is 8.73. The summed E-state index contributed by atoms with van der Waals surface area (Å²) in [5, 5.41) is 5.23. The zero-order valence-corrected chi connectivity index (χ0v) is 17.9. The molecule has 3 rings (SSSR count). The Bertz CT molecular complexity index is 957. The minimum absolute atomic E-state index is 0.111. The Labute approximate surface area is 173 Å². The Morgan fingerprint density at radius 2 is 2.10 bits per heavy atom. The van der Waals surface area contributed by atoms with Crippen molar-refractivity contribution in [3.63, 3.8) is 0 Å². The Kier molecular flexibility index (Phi) is 5.79. The van der Waals surface area contributed by atoms with E-state index in [4.69, 9.17) is 4.74 Å². The molecule has 10 nitrogen and oxygen atoms in total. The Morgan fingerprint density at radius 1 is 1.38 bits per heavy atom. The summed E-state index contributed by atoms with van der Waals surface area (Å²) in [4.78, 5) is 38.0. The SMILES string of the molecule is COc1ccc(NC(=O)CN2C(=O)NC3(CCSC3)C2=O)cc1S(=O)(=O)N(C)C. The zero-order chi connectivity index (χ0) is 21.4. The van der Waals surface area contributed by atoms with E-state index in [1.165, 1.54) is 39.4 Å². The second-order valence-corrected chi connectivity index (χ2v) is 10.1. The number of urea groups is 1. The fourth-order valence-electron chi connectivity index (χ4n) is 3.15. The number of ether oxygens (including phenoxy) is 1. The fraction of sp³-hybridized carbons (Fsp3) is 0.471. The van der Waals surface area contributed by atoms with E-state index in [0.29, 0.717) is 12.2 Å². The van der Waals surface area contributed by atoms with Crippen molar-refractivity contribution in [3.05, 3.63) is 18.2 Å². The molecule has 0 saturated carbocycles. The Hall–Kier alpha value is -2.31. The summed E-state index contributed by atoms with van der Waals surface area (Å²) in [6.07, 6.45) is 0.532. The molecular formula is C17H22N4O6S2. The van der Waals surface area contributed by atoms with Gasteiger partial charge in [0.2, 0.25) is 15.9 Å². The highest BCUT2D eigenvalue weighted by atomic mass is 32.2. The van der Waals surface area contributed by atoms with Gasteiger partial charge in [0.05, 0.1) is 7.11 Å². The van der Waals surface area contributed by atoms with Crippen molar-refractivity contribution < 1.29 is 27.5 Å². The molecule has 12 heteroatoms. The third kappa shape index (κ3) is 3.91. The van der Waals surface area contributed by atoms with E-state index in [9.17, 15) is 22.8 Å². The lowest BCUT2D eigenvalue weighted by atomic mass is 9.99. The van der Waals surface area contributed by atoms with Gasteiger partial charge in [-0.15, -0.1) is 0 Å². The molecule has 0 bridgehead atoms. The van der Waals surface area contributed by atoms with Crippen LogP contribution in [-0.2, 0) is 19.6 Å². The quantitative estimate of drug-likeness (QED) is 0.608. The van der Waals surface area contributed by atoms with Crippen LogP contribution in [0, 0.1) is 0 Å². The molecular weight excluding hydrogens is 420 g/mol. The largest absolute Gasteiger partial charge is 0.495 e. The number of benzene rings is 1. The summed E-state index contributed by atoms with van der Waals surface area (Å²) >= 11 is 1.57. The van der Waals surface area contributed by atoms with Crippen LogP contribution < -0.4 is 15.4 Å². The lowest BCUT2D eigenvalue weighted by Crippen LogP contribution is -2.47. The smallest absolute Gasteiger partial charge is 0.325 e. The first-order valence-corrected chi connectivity index (χ1v) is 11.3. The van der Waals surface area contributed by atoms with Crippen LogP contribution in [0.2, 0.25) is 0 Å². The van der Waals surface area contributed by atoms with Gasteiger partial charge in [-0.05, 0) is 30.4 Å². The minimum atomic E-state index is -3.81. The first kappa shape index (κ1) is 21.4. The molecule has 1 aromatic rings. The molecule has 2 N–H and O–H groups in total. The number of amides is 4. The third-order valence-corrected chi connectivity index (χ3v) is 7.80. The molecule has 4 amide bonds. The van der Waals surface area contributed by atoms with Gasteiger partial charge in [0.1, 0.15) is 22.7 Å². The van der Waals surface area contributed by atoms with Crippen LogP contribution in [0.5, 0.6) is 5.75 Å². The van der Waals surface area contributed by atoms with E-state index >= 15 is 0 Å². The number of nitrogens with zero attached hydrogens (tertiary/aromatic N) is 2. The number of hydrogen-bond acceptors (Lipinski definition) is 7. The Morgan fingerprint density at radius 3 is 2.69 bits per heavy atom. The normalized spacial score (nSPS) is 21.7. The molecule has 0 aliphatic carbocycles. The van der Waals surface area contributed by atoms with Gasteiger partial charge in [-0.2, -0.15) is 11.8 Å². The van der Waals surface area contributed by atoms with Crippen molar-refractivity contribution in [2.24, 2.45) is 0 Å². The van der Waals surface area contributed by atoms with Gasteiger partial charge < -0.3 is 15.4 Å². The number of imide groups is 1. The van der Waals surface area contributed by atoms with E-state index in [1.807, 2.05) is 0 Å². The summed E-state index contributed by atoms with van der Waals surface area (Å²) in [7, 11) is 0.305. The van der Waals surface area contributed by atoms with Crippen LogP contribution >= 0.6 is 11.8 Å². The molecule has 1 aromatic carbocycles. The number of carbonyl (C=O) groups is 3.